The van der Waals surface area contributed by atoms with Crippen LogP contribution in [0.3, 0.4) is 0 Å². The molecule has 0 unspecified atom stereocenters. The summed E-state index contributed by atoms with van der Waals surface area (Å²) in [6.07, 6.45) is 1.79. The van der Waals surface area contributed by atoms with Crippen molar-refractivity contribution in [2.75, 3.05) is 18.1 Å². The third kappa shape index (κ3) is 3.71. The highest BCUT2D eigenvalue weighted by molar-refractivity contribution is 7.91. The number of carbonyl (C=O) groups excluding carboxylic acids is 2. The molecule has 0 bridgehead atoms. The zero-order valence-corrected chi connectivity index (χ0v) is 16.5. The van der Waals surface area contributed by atoms with Gasteiger partial charge in [-0.05, 0) is 49.6 Å². The van der Waals surface area contributed by atoms with E-state index >= 15 is 0 Å². The molecule has 8 heteroatoms. The van der Waals surface area contributed by atoms with E-state index in [0.717, 1.165) is 4.90 Å². The molecule has 28 heavy (non-hydrogen) atoms. The summed E-state index contributed by atoms with van der Waals surface area (Å²) in [4.78, 5) is 26.7. The standard InChI is InChI=1S/C20H20N2O5S/c1-3-27-16-6-4-14(5-7-16)10-17-13(2)18(11-21)20(24)22(19(17)23)15-8-9-28(25,26)12-15/h4-7,10,15H,3,8-9,12H2,1-2H3/b17-10+/t15-/m0/s1. The number of rotatable bonds is 4. The fourth-order valence-electron chi connectivity index (χ4n) is 3.40. The van der Waals surface area contributed by atoms with Gasteiger partial charge in [-0.1, -0.05) is 12.1 Å². The average molecular weight is 400 g/mol. The topological polar surface area (TPSA) is 105 Å². The van der Waals surface area contributed by atoms with Crippen LogP contribution in [-0.4, -0.2) is 49.3 Å². The van der Waals surface area contributed by atoms with Gasteiger partial charge >= 0.3 is 0 Å². The minimum absolute atomic E-state index is 0.0722. The van der Waals surface area contributed by atoms with Crippen molar-refractivity contribution in [1.29, 1.82) is 5.26 Å². The van der Waals surface area contributed by atoms with Crippen molar-refractivity contribution in [2.45, 2.75) is 26.3 Å². The van der Waals surface area contributed by atoms with Crippen LogP contribution in [0.15, 0.2) is 41.0 Å². The quantitative estimate of drug-likeness (QED) is 0.564. The van der Waals surface area contributed by atoms with Crippen molar-refractivity contribution in [3.63, 3.8) is 0 Å². The zero-order valence-electron chi connectivity index (χ0n) is 15.6. The van der Waals surface area contributed by atoms with E-state index in [1.54, 1.807) is 37.3 Å². The highest BCUT2D eigenvalue weighted by Gasteiger charge is 2.43. The number of amides is 2. The first-order valence-corrected chi connectivity index (χ1v) is 10.7. The maximum absolute atomic E-state index is 13.1. The molecule has 0 aliphatic carbocycles. The van der Waals surface area contributed by atoms with E-state index in [9.17, 15) is 23.3 Å². The molecular formula is C20H20N2O5S. The summed E-state index contributed by atoms with van der Waals surface area (Å²) >= 11 is 0. The number of benzene rings is 1. The summed E-state index contributed by atoms with van der Waals surface area (Å²) < 4.78 is 29.0. The second-order valence-electron chi connectivity index (χ2n) is 6.71. The fraction of sp³-hybridized carbons (Fsp3) is 0.350. The number of hydrogen-bond acceptors (Lipinski definition) is 6. The first-order chi connectivity index (χ1) is 13.3. The Morgan fingerprint density at radius 2 is 1.93 bits per heavy atom. The van der Waals surface area contributed by atoms with E-state index in [-0.39, 0.29) is 29.1 Å². The normalized spacial score (nSPS) is 23.2. The van der Waals surface area contributed by atoms with Crippen LogP contribution in [0.5, 0.6) is 5.75 Å². The Kier molecular flexibility index (Phi) is 5.38. The minimum atomic E-state index is -3.29. The molecule has 2 amide bonds. The van der Waals surface area contributed by atoms with Gasteiger partial charge in [-0.25, -0.2) is 8.42 Å². The van der Waals surface area contributed by atoms with E-state index in [0.29, 0.717) is 23.5 Å². The van der Waals surface area contributed by atoms with E-state index < -0.39 is 27.7 Å². The van der Waals surface area contributed by atoms with Crippen molar-refractivity contribution < 1.29 is 22.7 Å². The monoisotopic (exact) mass is 400 g/mol. The van der Waals surface area contributed by atoms with Crippen LogP contribution >= 0.6 is 0 Å². The van der Waals surface area contributed by atoms with Crippen molar-refractivity contribution in [2.24, 2.45) is 0 Å². The fourth-order valence-corrected chi connectivity index (χ4v) is 5.10. The maximum Gasteiger partial charge on any atom is 0.271 e. The maximum atomic E-state index is 13.1. The Morgan fingerprint density at radius 3 is 2.46 bits per heavy atom. The predicted octanol–water partition coefficient (Wildman–Crippen LogP) is 1.86. The molecule has 146 valence electrons. The van der Waals surface area contributed by atoms with Crippen LogP contribution in [0.1, 0.15) is 25.8 Å². The molecule has 1 fully saturated rings. The van der Waals surface area contributed by atoms with Crippen LogP contribution in [-0.2, 0) is 19.4 Å². The van der Waals surface area contributed by atoms with E-state index in [1.807, 2.05) is 13.0 Å². The molecule has 0 saturated carbocycles. The number of sulfone groups is 1. The Bertz CT molecular complexity index is 1030. The number of hydrogen-bond donors (Lipinski definition) is 0. The molecule has 0 aromatic heterocycles. The predicted molar refractivity (Wildman–Crippen MR) is 103 cm³/mol. The number of carbonyl (C=O) groups is 2. The summed E-state index contributed by atoms with van der Waals surface area (Å²) in [5.74, 6) is -0.943. The van der Waals surface area contributed by atoms with Gasteiger partial charge in [-0.3, -0.25) is 14.5 Å². The van der Waals surface area contributed by atoms with Crippen molar-refractivity contribution in [3.8, 4) is 11.8 Å². The van der Waals surface area contributed by atoms with Gasteiger partial charge in [0.25, 0.3) is 11.8 Å². The highest BCUT2D eigenvalue weighted by Crippen LogP contribution is 2.31. The molecule has 0 N–H and O–H groups in total. The molecule has 2 aliphatic heterocycles. The van der Waals surface area contributed by atoms with Crippen molar-refractivity contribution >= 4 is 27.7 Å². The lowest BCUT2D eigenvalue weighted by molar-refractivity contribution is -0.142. The van der Waals surface area contributed by atoms with Crippen molar-refractivity contribution in [1.82, 2.24) is 4.90 Å². The number of nitriles is 1. The van der Waals surface area contributed by atoms with Crippen LogP contribution in [0.2, 0.25) is 0 Å². The number of ether oxygens (including phenoxy) is 1. The third-order valence-electron chi connectivity index (χ3n) is 4.85. The molecule has 0 radical (unpaired) electrons. The Labute approximate surface area is 163 Å². The molecule has 1 saturated heterocycles. The van der Waals surface area contributed by atoms with E-state index in [2.05, 4.69) is 0 Å². The van der Waals surface area contributed by atoms with Gasteiger partial charge in [0.15, 0.2) is 9.84 Å². The van der Waals surface area contributed by atoms with Gasteiger partial charge < -0.3 is 4.74 Å². The molecule has 1 aromatic carbocycles. The average Bonchev–Trinajstić information content (AvgIpc) is 3.00. The SMILES string of the molecule is CCOc1ccc(/C=C2/C(=O)N([C@H]3CCS(=O)(=O)C3)C(=O)C(C#N)=C2C)cc1. The highest BCUT2D eigenvalue weighted by atomic mass is 32.2. The van der Waals surface area contributed by atoms with E-state index in [1.165, 1.54) is 0 Å². The summed E-state index contributed by atoms with van der Waals surface area (Å²) in [5, 5.41) is 9.43. The van der Waals surface area contributed by atoms with Gasteiger partial charge in [-0.2, -0.15) is 5.26 Å². The van der Waals surface area contributed by atoms with Gasteiger partial charge in [0.05, 0.1) is 24.2 Å². The van der Waals surface area contributed by atoms with Gasteiger partial charge in [-0.15, -0.1) is 0 Å². The molecule has 0 spiro atoms. The Morgan fingerprint density at radius 1 is 1.25 bits per heavy atom. The first-order valence-electron chi connectivity index (χ1n) is 8.91. The second-order valence-corrected chi connectivity index (χ2v) is 8.94. The summed E-state index contributed by atoms with van der Waals surface area (Å²) in [6, 6.07) is 8.19. The lowest BCUT2D eigenvalue weighted by Gasteiger charge is -2.31. The van der Waals surface area contributed by atoms with Crippen LogP contribution < -0.4 is 4.74 Å². The molecule has 3 rings (SSSR count). The smallest absolute Gasteiger partial charge is 0.271 e. The Balaban J connectivity index is 2.02. The van der Waals surface area contributed by atoms with Gasteiger partial charge in [0.2, 0.25) is 0 Å². The number of imide groups is 1. The van der Waals surface area contributed by atoms with Crippen LogP contribution in [0.25, 0.3) is 6.08 Å². The summed E-state index contributed by atoms with van der Waals surface area (Å²) in [6.45, 7) is 3.97. The van der Waals surface area contributed by atoms with Crippen LogP contribution in [0, 0.1) is 11.3 Å². The lowest BCUT2D eigenvalue weighted by Crippen LogP contribution is -2.49. The van der Waals surface area contributed by atoms with Crippen molar-refractivity contribution in [3.05, 3.63) is 46.5 Å². The minimum Gasteiger partial charge on any atom is -0.494 e. The third-order valence-corrected chi connectivity index (χ3v) is 6.60. The molecule has 2 aliphatic rings. The second kappa shape index (κ2) is 7.60. The molecule has 1 aromatic rings. The molecule has 1 atom stereocenters. The first kappa shape index (κ1) is 19.8. The lowest BCUT2D eigenvalue weighted by atomic mass is 9.92. The van der Waals surface area contributed by atoms with Gasteiger partial charge in [0.1, 0.15) is 17.4 Å². The van der Waals surface area contributed by atoms with E-state index in [4.69, 9.17) is 4.74 Å². The largest absolute Gasteiger partial charge is 0.494 e. The van der Waals surface area contributed by atoms with Gasteiger partial charge in [0, 0.05) is 5.57 Å². The molecule has 7 nitrogen and oxygen atoms in total. The summed E-state index contributed by atoms with van der Waals surface area (Å²) in [5.41, 5.74) is 1.07. The molecular weight excluding hydrogens is 380 g/mol. The Hall–Kier alpha value is -2.92. The summed E-state index contributed by atoms with van der Waals surface area (Å²) in [7, 11) is -3.29. The number of nitrogens with zero attached hydrogens (tertiary/aromatic N) is 2. The zero-order chi connectivity index (χ0) is 20.5. The molecule has 2 heterocycles. The van der Waals surface area contributed by atoms with Crippen LogP contribution in [0.4, 0.5) is 0 Å².